The first-order valence-corrected chi connectivity index (χ1v) is 10.8. The number of nitro groups is 1. The molecule has 2 aromatic rings. The van der Waals surface area contributed by atoms with Crippen molar-refractivity contribution in [2.75, 3.05) is 16.8 Å². The molecule has 168 valence electrons. The fourth-order valence-corrected chi connectivity index (χ4v) is 6.40. The van der Waals surface area contributed by atoms with Crippen LogP contribution in [0.1, 0.15) is 18.4 Å². The second-order valence-electron chi connectivity index (χ2n) is 8.72. The number of carbonyl (C=O) groups is 3. The lowest BCUT2D eigenvalue weighted by molar-refractivity contribution is -0.384. The highest BCUT2D eigenvalue weighted by Crippen LogP contribution is 2.60. The van der Waals surface area contributed by atoms with Crippen LogP contribution in [0.25, 0.3) is 0 Å². The summed E-state index contributed by atoms with van der Waals surface area (Å²) >= 11 is 5.90. The Balaban J connectivity index is 1.54. The van der Waals surface area contributed by atoms with E-state index in [0.717, 1.165) is 17.4 Å². The van der Waals surface area contributed by atoms with Crippen LogP contribution < -0.4 is 10.2 Å². The van der Waals surface area contributed by atoms with Crippen molar-refractivity contribution in [3.63, 3.8) is 0 Å². The van der Waals surface area contributed by atoms with Crippen molar-refractivity contribution in [2.45, 2.75) is 24.4 Å². The fraction of sp³-hybridized carbons (Fsp3) is 0.318. The van der Waals surface area contributed by atoms with Crippen LogP contribution in [0.15, 0.2) is 36.4 Å². The van der Waals surface area contributed by atoms with Gasteiger partial charge in [-0.25, -0.2) is 9.29 Å². The summed E-state index contributed by atoms with van der Waals surface area (Å²) in [4.78, 5) is 54.3. The maximum absolute atomic E-state index is 14.3. The van der Waals surface area contributed by atoms with Gasteiger partial charge in [-0.3, -0.25) is 29.4 Å². The molecule has 11 heteroatoms. The van der Waals surface area contributed by atoms with E-state index >= 15 is 0 Å². The van der Waals surface area contributed by atoms with Gasteiger partial charge in [0.25, 0.3) is 5.69 Å². The number of nitrogens with one attached hydrogen (secondary N) is 1. The third kappa shape index (κ3) is 2.37. The number of nitro benzene ring substituents is 1. The van der Waals surface area contributed by atoms with Crippen LogP contribution in [0, 0.1) is 27.8 Å². The first-order valence-electron chi connectivity index (χ1n) is 10.5. The number of hydrogen-bond acceptors (Lipinski definition) is 6. The highest BCUT2D eigenvalue weighted by atomic mass is 35.5. The quantitative estimate of drug-likeness (QED) is 0.410. The monoisotopic (exact) mass is 470 g/mol. The summed E-state index contributed by atoms with van der Waals surface area (Å²) in [6.07, 6.45) is 1.33. The number of imide groups is 1. The number of rotatable bonds is 2. The summed E-state index contributed by atoms with van der Waals surface area (Å²) < 4.78 is 14.3. The van der Waals surface area contributed by atoms with Crippen LogP contribution in [0.3, 0.4) is 0 Å². The van der Waals surface area contributed by atoms with E-state index < -0.39 is 51.5 Å². The number of nitrogens with zero attached hydrogens (tertiary/aromatic N) is 3. The molecule has 0 radical (unpaired) electrons. The molecule has 0 bridgehead atoms. The minimum Gasteiger partial charge on any atom is -0.324 e. The summed E-state index contributed by atoms with van der Waals surface area (Å²) in [6.45, 7) is 0.494. The summed E-state index contributed by atoms with van der Waals surface area (Å²) in [5.41, 5.74) is -1.17. The number of carbonyl (C=O) groups excluding carboxylic acids is 3. The number of halogens is 2. The Kier molecular flexibility index (Phi) is 4.04. The minimum atomic E-state index is -1.51. The van der Waals surface area contributed by atoms with E-state index in [0.29, 0.717) is 24.2 Å². The Bertz CT molecular complexity index is 1300. The standard InChI is InChI=1S/C22H16ClFN4O5/c23-13-5-4-11(9-16(13)28(32)33)27-19(29)17-15-2-1-7-26(15)22(18(17)20(27)30)12-8-10(24)3-6-14(12)25-21(22)31/h3-6,8-9,15,17-18H,1-2,7H2,(H,25,31)/t15-,17+,18+,22-/m1/s1. The molecule has 2 aromatic carbocycles. The molecule has 3 saturated heterocycles. The van der Waals surface area contributed by atoms with Crippen molar-refractivity contribution in [2.24, 2.45) is 11.8 Å². The van der Waals surface area contributed by atoms with Gasteiger partial charge in [-0.15, -0.1) is 0 Å². The molecule has 4 aliphatic rings. The van der Waals surface area contributed by atoms with Crippen molar-refractivity contribution in [3.05, 3.63) is 62.9 Å². The first kappa shape index (κ1) is 20.3. The van der Waals surface area contributed by atoms with E-state index in [-0.39, 0.29) is 16.8 Å². The van der Waals surface area contributed by atoms with Crippen LogP contribution in [-0.4, -0.2) is 40.1 Å². The van der Waals surface area contributed by atoms with Crippen LogP contribution in [0.2, 0.25) is 5.02 Å². The van der Waals surface area contributed by atoms with E-state index in [2.05, 4.69) is 5.32 Å². The Morgan fingerprint density at radius 3 is 2.70 bits per heavy atom. The number of anilines is 2. The zero-order valence-electron chi connectivity index (χ0n) is 17.0. The van der Waals surface area contributed by atoms with Gasteiger partial charge in [0, 0.05) is 23.4 Å². The lowest BCUT2D eigenvalue weighted by Crippen LogP contribution is -2.54. The number of amides is 3. The zero-order valence-corrected chi connectivity index (χ0v) is 17.7. The molecular formula is C22H16ClFN4O5. The SMILES string of the molecule is O=C1[C@H]2[C@H]3CCCN3[C@@]3(C(=O)Nc4ccc(F)cc43)[C@@H]2C(=O)N1c1ccc(Cl)c([N+](=O)[O-])c1. The normalized spacial score (nSPS) is 30.1. The van der Waals surface area contributed by atoms with Gasteiger partial charge < -0.3 is 5.32 Å². The third-order valence-electron chi connectivity index (χ3n) is 7.34. The lowest BCUT2D eigenvalue weighted by Gasteiger charge is -2.36. The van der Waals surface area contributed by atoms with E-state index in [1.54, 1.807) is 0 Å². The van der Waals surface area contributed by atoms with Crippen LogP contribution in [0.5, 0.6) is 0 Å². The molecule has 0 saturated carbocycles. The number of hydrogen-bond donors (Lipinski definition) is 1. The molecule has 0 aliphatic carbocycles. The molecule has 33 heavy (non-hydrogen) atoms. The smallest absolute Gasteiger partial charge is 0.289 e. The average Bonchev–Trinajstić information content (AvgIpc) is 3.47. The summed E-state index contributed by atoms with van der Waals surface area (Å²) in [5.74, 6) is -4.07. The lowest BCUT2D eigenvalue weighted by atomic mass is 9.75. The van der Waals surface area contributed by atoms with Gasteiger partial charge in [0.05, 0.1) is 22.4 Å². The van der Waals surface area contributed by atoms with Crippen molar-refractivity contribution >= 4 is 46.4 Å². The zero-order chi connectivity index (χ0) is 23.2. The van der Waals surface area contributed by atoms with Gasteiger partial charge in [-0.05, 0) is 49.7 Å². The molecule has 1 N–H and O–H groups in total. The van der Waals surface area contributed by atoms with Crippen LogP contribution in [0.4, 0.5) is 21.5 Å². The van der Waals surface area contributed by atoms with Crippen molar-refractivity contribution in [1.29, 1.82) is 0 Å². The maximum atomic E-state index is 14.3. The molecular weight excluding hydrogens is 455 g/mol. The Labute approximate surface area is 191 Å². The van der Waals surface area contributed by atoms with Crippen LogP contribution in [-0.2, 0) is 19.9 Å². The number of benzene rings is 2. The molecule has 4 atom stereocenters. The Morgan fingerprint density at radius 1 is 1.15 bits per heavy atom. The topological polar surface area (TPSA) is 113 Å². The van der Waals surface area contributed by atoms with E-state index in [1.807, 2.05) is 4.90 Å². The Morgan fingerprint density at radius 2 is 1.94 bits per heavy atom. The van der Waals surface area contributed by atoms with Gasteiger partial charge in [0.1, 0.15) is 16.4 Å². The highest BCUT2D eigenvalue weighted by molar-refractivity contribution is 6.33. The fourth-order valence-electron chi connectivity index (χ4n) is 6.21. The molecule has 1 spiro atoms. The highest BCUT2D eigenvalue weighted by Gasteiger charge is 2.74. The molecule has 0 aromatic heterocycles. The van der Waals surface area contributed by atoms with Crippen LogP contribution >= 0.6 is 11.6 Å². The summed E-state index contributed by atoms with van der Waals surface area (Å²) in [7, 11) is 0. The Hall–Kier alpha value is -3.37. The van der Waals surface area contributed by atoms with Crippen molar-refractivity contribution in [1.82, 2.24) is 4.90 Å². The predicted molar refractivity (Wildman–Crippen MR) is 114 cm³/mol. The maximum Gasteiger partial charge on any atom is 0.289 e. The number of fused-ring (bicyclic) bond motifs is 7. The van der Waals surface area contributed by atoms with E-state index in [4.69, 9.17) is 11.6 Å². The van der Waals surface area contributed by atoms with Gasteiger partial charge >= 0.3 is 0 Å². The first-order chi connectivity index (χ1) is 15.8. The minimum absolute atomic E-state index is 0.0214. The van der Waals surface area contributed by atoms with E-state index in [9.17, 15) is 28.9 Å². The average molecular weight is 471 g/mol. The van der Waals surface area contributed by atoms with Crippen molar-refractivity contribution < 1.29 is 23.7 Å². The molecule has 4 aliphatic heterocycles. The predicted octanol–water partition coefficient (Wildman–Crippen LogP) is 2.82. The van der Waals surface area contributed by atoms with E-state index in [1.165, 1.54) is 30.3 Å². The molecule has 3 fully saturated rings. The second-order valence-corrected chi connectivity index (χ2v) is 9.13. The third-order valence-corrected chi connectivity index (χ3v) is 7.66. The van der Waals surface area contributed by atoms with Crippen molar-refractivity contribution in [3.8, 4) is 0 Å². The van der Waals surface area contributed by atoms with Gasteiger partial charge in [-0.2, -0.15) is 0 Å². The largest absolute Gasteiger partial charge is 0.324 e. The van der Waals surface area contributed by atoms with Gasteiger partial charge in [0.2, 0.25) is 17.7 Å². The van der Waals surface area contributed by atoms with Gasteiger partial charge in [0.15, 0.2) is 0 Å². The molecule has 0 unspecified atom stereocenters. The van der Waals surface area contributed by atoms with Gasteiger partial charge in [-0.1, -0.05) is 11.6 Å². The molecule has 9 nitrogen and oxygen atoms in total. The second kappa shape index (κ2) is 6.58. The summed E-state index contributed by atoms with van der Waals surface area (Å²) in [5, 5.41) is 14.0. The molecule has 6 rings (SSSR count). The molecule has 4 heterocycles. The summed E-state index contributed by atoms with van der Waals surface area (Å²) in [6, 6.07) is 7.27. The molecule has 3 amide bonds.